The lowest BCUT2D eigenvalue weighted by Gasteiger charge is -2.32. The van der Waals surface area contributed by atoms with E-state index in [1.54, 1.807) is 20.8 Å². The Morgan fingerprint density at radius 1 is 1.09 bits per heavy atom. The summed E-state index contributed by atoms with van der Waals surface area (Å²) in [6.07, 6.45) is 1.45. The van der Waals surface area contributed by atoms with Gasteiger partial charge in [-0.15, -0.1) is 0 Å². The zero-order valence-corrected chi connectivity index (χ0v) is 14.7. The lowest BCUT2D eigenvalue weighted by atomic mass is 10.2. The number of likely N-dealkylation sites (tertiary alicyclic amines) is 2. The van der Waals surface area contributed by atoms with E-state index in [1.807, 2.05) is 0 Å². The van der Waals surface area contributed by atoms with E-state index in [0.29, 0.717) is 32.4 Å². The lowest BCUT2D eigenvalue weighted by Crippen LogP contribution is -2.50. The van der Waals surface area contributed by atoms with Gasteiger partial charge in [-0.25, -0.2) is 4.79 Å². The van der Waals surface area contributed by atoms with Crippen molar-refractivity contribution in [3.8, 4) is 0 Å². The van der Waals surface area contributed by atoms with Gasteiger partial charge in [0.15, 0.2) is 0 Å². The van der Waals surface area contributed by atoms with Crippen LogP contribution in [0.15, 0.2) is 0 Å². The molecule has 0 saturated carbocycles. The fourth-order valence-corrected chi connectivity index (χ4v) is 4.22. The molecule has 0 aromatic rings. The third-order valence-corrected chi connectivity index (χ3v) is 5.37. The minimum absolute atomic E-state index is 0.287. The van der Waals surface area contributed by atoms with Gasteiger partial charge in [0.05, 0.1) is 0 Å². The van der Waals surface area contributed by atoms with Crippen molar-refractivity contribution in [3.05, 3.63) is 0 Å². The summed E-state index contributed by atoms with van der Waals surface area (Å²) < 4.78 is 16.9. The van der Waals surface area contributed by atoms with Crippen LogP contribution in [-0.2, 0) is 14.1 Å². The largest absolute Gasteiger partial charge is 0.444 e. The van der Waals surface area contributed by atoms with E-state index in [2.05, 4.69) is 0 Å². The molecule has 0 aromatic carbocycles. The molecule has 2 saturated heterocycles. The van der Waals surface area contributed by atoms with Crippen LogP contribution in [0.1, 0.15) is 46.5 Å². The zero-order valence-electron chi connectivity index (χ0n) is 13.8. The van der Waals surface area contributed by atoms with Gasteiger partial charge >= 0.3 is 13.7 Å². The van der Waals surface area contributed by atoms with E-state index >= 15 is 0 Å². The van der Waals surface area contributed by atoms with Gasteiger partial charge in [0.25, 0.3) is 0 Å². The maximum atomic E-state index is 12.7. The van der Waals surface area contributed by atoms with E-state index < -0.39 is 31.1 Å². The minimum Gasteiger partial charge on any atom is -0.444 e. The Kier molecular flexibility index (Phi) is 5.09. The Morgan fingerprint density at radius 3 is 2.22 bits per heavy atom. The van der Waals surface area contributed by atoms with Crippen molar-refractivity contribution in [2.75, 3.05) is 13.1 Å². The van der Waals surface area contributed by atoms with Crippen molar-refractivity contribution in [2.45, 2.75) is 63.9 Å². The number of nitrogens with zero attached hydrogens (tertiary/aromatic N) is 2. The summed E-state index contributed by atoms with van der Waals surface area (Å²) in [4.78, 5) is 46.4. The van der Waals surface area contributed by atoms with Gasteiger partial charge in [0.1, 0.15) is 17.4 Å². The number of hydrogen-bond acceptors (Lipinski definition) is 4. The molecule has 2 aliphatic rings. The van der Waals surface area contributed by atoms with Crippen molar-refractivity contribution >= 4 is 19.6 Å². The molecule has 0 spiro atoms. The minimum atomic E-state index is -4.37. The number of hydrogen-bond donors (Lipinski definition) is 2. The van der Waals surface area contributed by atoms with Gasteiger partial charge < -0.3 is 19.4 Å². The van der Waals surface area contributed by atoms with E-state index in [9.17, 15) is 23.9 Å². The summed E-state index contributed by atoms with van der Waals surface area (Å²) in [6.45, 7) is 5.99. The lowest BCUT2D eigenvalue weighted by molar-refractivity contribution is -0.135. The highest BCUT2D eigenvalue weighted by molar-refractivity contribution is 7.52. The first-order valence-electron chi connectivity index (χ1n) is 7.86. The molecule has 132 valence electrons. The molecule has 0 unspecified atom stereocenters. The standard InChI is InChI=1S/C14H25N2O6P/c1-14(2,3)22-13(18)15-8-4-6-10(15)12(17)16-9-5-7-11(16)23(19,20)21/h10-11H,4-9H2,1-3H3,(H2,19,20,21)/t10-,11+/m0/s1. The second-order valence-corrected chi connectivity index (χ2v) is 8.85. The maximum absolute atomic E-state index is 12.7. The van der Waals surface area contributed by atoms with Crippen molar-refractivity contribution in [2.24, 2.45) is 0 Å². The molecule has 2 N–H and O–H groups in total. The maximum Gasteiger partial charge on any atom is 0.410 e. The molecular formula is C14H25N2O6P. The molecule has 2 heterocycles. The predicted octanol–water partition coefficient (Wildman–Crippen LogP) is 1.51. The van der Waals surface area contributed by atoms with Gasteiger partial charge in [-0.3, -0.25) is 14.3 Å². The molecule has 23 heavy (non-hydrogen) atoms. The predicted molar refractivity (Wildman–Crippen MR) is 82.7 cm³/mol. The normalized spacial score (nSPS) is 25.8. The van der Waals surface area contributed by atoms with Crippen molar-refractivity contribution < 1.29 is 28.7 Å². The highest BCUT2D eigenvalue weighted by Crippen LogP contribution is 2.48. The molecule has 0 aromatic heterocycles. The second-order valence-electron chi connectivity index (χ2n) is 7.08. The summed E-state index contributed by atoms with van der Waals surface area (Å²) in [5.74, 6) is -1.46. The first kappa shape index (κ1) is 18.2. The number of amides is 2. The second kappa shape index (κ2) is 6.42. The quantitative estimate of drug-likeness (QED) is 0.733. The molecule has 2 amide bonds. The monoisotopic (exact) mass is 348 g/mol. The van der Waals surface area contributed by atoms with E-state index in [-0.39, 0.29) is 12.3 Å². The highest BCUT2D eigenvalue weighted by atomic mass is 31.2. The van der Waals surface area contributed by atoms with Gasteiger partial charge in [-0.2, -0.15) is 0 Å². The van der Waals surface area contributed by atoms with Crippen LogP contribution in [0.3, 0.4) is 0 Å². The molecule has 2 atom stereocenters. The molecule has 0 radical (unpaired) electrons. The van der Waals surface area contributed by atoms with Crippen molar-refractivity contribution in [1.29, 1.82) is 0 Å². The summed E-state index contributed by atoms with van der Waals surface area (Å²) >= 11 is 0. The summed E-state index contributed by atoms with van der Waals surface area (Å²) in [5, 5.41) is 0. The molecule has 2 rings (SSSR count). The Labute approximate surface area is 135 Å². The van der Waals surface area contributed by atoms with Crippen LogP contribution in [0.4, 0.5) is 4.79 Å². The van der Waals surface area contributed by atoms with Crippen LogP contribution < -0.4 is 0 Å². The molecule has 8 nitrogen and oxygen atoms in total. The summed E-state index contributed by atoms with van der Waals surface area (Å²) in [6, 6.07) is -0.697. The SMILES string of the molecule is CC(C)(C)OC(=O)N1CCC[C@H]1C(=O)N1CCC[C@H]1P(=O)(O)O. The van der Waals surface area contributed by atoms with Crippen molar-refractivity contribution in [3.63, 3.8) is 0 Å². The van der Waals surface area contributed by atoms with Crippen molar-refractivity contribution in [1.82, 2.24) is 9.80 Å². The Bertz CT molecular complexity index is 526. The third kappa shape index (κ3) is 4.25. The fraction of sp³-hybridized carbons (Fsp3) is 0.857. The van der Waals surface area contributed by atoms with Crippen LogP contribution in [-0.4, -0.2) is 62.1 Å². The summed E-state index contributed by atoms with van der Waals surface area (Å²) in [7, 11) is -4.37. The van der Waals surface area contributed by atoms with Crippen LogP contribution in [0, 0.1) is 0 Å². The van der Waals surface area contributed by atoms with Crippen LogP contribution in [0.25, 0.3) is 0 Å². The first-order valence-corrected chi connectivity index (χ1v) is 9.54. The smallest absolute Gasteiger partial charge is 0.410 e. The average molecular weight is 348 g/mol. The Morgan fingerprint density at radius 2 is 1.65 bits per heavy atom. The van der Waals surface area contributed by atoms with Crippen LogP contribution in [0.2, 0.25) is 0 Å². The van der Waals surface area contributed by atoms with E-state index in [1.165, 1.54) is 9.80 Å². The Hall–Kier alpha value is -1.11. The average Bonchev–Trinajstić information content (AvgIpc) is 3.04. The van der Waals surface area contributed by atoms with Gasteiger partial charge in [-0.05, 0) is 46.5 Å². The fourth-order valence-electron chi connectivity index (χ4n) is 3.11. The molecule has 9 heteroatoms. The van der Waals surface area contributed by atoms with Gasteiger partial charge in [0, 0.05) is 13.1 Å². The van der Waals surface area contributed by atoms with E-state index in [0.717, 1.165) is 0 Å². The molecule has 2 aliphatic heterocycles. The zero-order chi connectivity index (χ0) is 17.4. The number of rotatable bonds is 2. The van der Waals surface area contributed by atoms with Crippen LogP contribution >= 0.6 is 7.60 Å². The molecule has 0 bridgehead atoms. The molecular weight excluding hydrogens is 323 g/mol. The van der Waals surface area contributed by atoms with Gasteiger partial charge in [0.2, 0.25) is 5.91 Å². The van der Waals surface area contributed by atoms with E-state index in [4.69, 9.17) is 4.74 Å². The number of carbonyl (C=O) groups excluding carboxylic acids is 2. The van der Waals surface area contributed by atoms with Gasteiger partial charge in [-0.1, -0.05) is 0 Å². The Balaban J connectivity index is 2.12. The number of ether oxygens (including phenoxy) is 1. The first-order chi connectivity index (χ1) is 10.5. The molecule has 0 aliphatic carbocycles. The topological polar surface area (TPSA) is 107 Å². The third-order valence-electron chi connectivity index (χ3n) is 4.06. The highest BCUT2D eigenvalue weighted by Gasteiger charge is 2.46. The summed E-state index contributed by atoms with van der Waals surface area (Å²) in [5.41, 5.74) is -0.657. The van der Waals surface area contributed by atoms with Crippen LogP contribution in [0.5, 0.6) is 0 Å². The number of carbonyl (C=O) groups is 2. The molecule has 2 fully saturated rings.